The minimum Gasteiger partial charge on any atom is -0.487 e. The van der Waals surface area contributed by atoms with E-state index in [1.807, 2.05) is 0 Å². The first-order valence-electron chi connectivity index (χ1n) is 9.54. The molecule has 2 atom stereocenters. The lowest BCUT2D eigenvalue weighted by Gasteiger charge is -2.23. The monoisotopic (exact) mass is 402 g/mol. The van der Waals surface area contributed by atoms with E-state index in [0.717, 1.165) is 5.56 Å². The number of hydrogen-bond donors (Lipinski definition) is 1. The Morgan fingerprint density at radius 3 is 2.86 bits per heavy atom. The molecule has 0 aliphatic carbocycles. The number of carbonyl (C=O) groups excluding carboxylic acids is 2. The molecule has 0 saturated carbocycles. The molecule has 156 valence electrons. The van der Waals surface area contributed by atoms with Crippen LogP contribution in [0.2, 0.25) is 0 Å². The van der Waals surface area contributed by atoms with Gasteiger partial charge in [-0.2, -0.15) is 0 Å². The molecule has 2 aromatic rings. The average molecular weight is 402 g/mol. The summed E-state index contributed by atoms with van der Waals surface area (Å²) in [5, 5.41) is 6.72. The van der Waals surface area contributed by atoms with Crippen LogP contribution in [-0.2, 0) is 20.7 Å². The third-order valence-electron chi connectivity index (χ3n) is 4.94. The van der Waals surface area contributed by atoms with E-state index in [1.54, 1.807) is 50.4 Å². The molecule has 1 aliphatic rings. The predicted octanol–water partition coefficient (Wildman–Crippen LogP) is 1.04. The van der Waals surface area contributed by atoms with Crippen molar-refractivity contribution in [1.29, 1.82) is 0 Å². The van der Waals surface area contributed by atoms with Crippen molar-refractivity contribution in [2.75, 3.05) is 26.8 Å². The first kappa shape index (κ1) is 20.8. The molecule has 9 nitrogen and oxygen atoms in total. The topological polar surface area (TPSA) is 107 Å². The fourth-order valence-corrected chi connectivity index (χ4v) is 3.42. The van der Waals surface area contributed by atoms with Gasteiger partial charge in [-0.3, -0.25) is 14.6 Å². The van der Waals surface area contributed by atoms with E-state index >= 15 is 0 Å². The van der Waals surface area contributed by atoms with Gasteiger partial charge in [0.1, 0.15) is 23.7 Å². The van der Waals surface area contributed by atoms with Gasteiger partial charge in [-0.1, -0.05) is 5.16 Å². The zero-order valence-electron chi connectivity index (χ0n) is 16.9. The van der Waals surface area contributed by atoms with Crippen LogP contribution >= 0.6 is 0 Å². The smallest absolute Gasteiger partial charge is 0.243 e. The van der Waals surface area contributed by atoms with Crippen LogP contribution in [-0.4, -0.2) is 65.8 Å². The second-order valence-corrected chi connectivity index (χ2v) is 6.99. The van der Waals surface area contributed by atoms with Gasteiger partial charge in [0.2, 0.25) is 11.8 Å². The largest absolute Gasteiger partial charge is 0.487 e. The van der Waals surface area contributed by atoms with E-state index in [4.69, 9.17) is 14.0 Å². The van der Waals surface area contributed by atoms with Crippen LogP contribution in [0, 0.1) is 13.8 Å². The highest BCUT2D eigenvalue weighted by molar-refractivity contribution is 5.89. The molecular weight excluding hydrogens is 376 g/mol. The van der Waals surface area contributed by atoms with Gasteiger partial charge in [0.05, 0.1) is 31.5 Å². The molecule has 2 aromatic heterocycles. The highest BCUT2D eigenvalue weighted by Crippen LogP contribution is 2.25. The summed E-state index contributed by atoms with van der Waals surface area (Å²) in [6.07, 6.45) is 3.50. The van der Waals surface area contributed by atoms with Gasteiger partial charge in [-0.05, 0) is 26.0 Å². The Hall–Kier alpha value is -2.94. The van der Waals surface area contributed by atoms with Crippen LogP contribution in [0.1, 0.15) is 23.4 Å². The molecule has 0 aromatic carbocycles. The Balaban J connectivity index is 1.72. The number of pyridine rings is 1. The molecule has 1 aliphatic heterocycles. The Labute approximate surface area is 169 Å². The first-order valence-corrected chi connectivity index (χ1v) is 9.54. The third-order valence-corrected chi connectivity index (χ3v) is 4.94. The van der Waals surface area contributed by atoms with Gasteiger partial charge in [0.15, 0.2) is 0 Å². The summed E-state index contributed by atoms with van der Waals surface area (Å²) in [4.78, 5) is 31.4. The lowest BCUT2D eigenvalue weighted by Crippen LogP contribution is -2.47. The number of rotatable bonds is 8. The van der Waals surface area contributed by atoms with Gasteiger partial charge in [0, 0.05) is 31.8 Å². The van der Waals surface area contributed by atoms with Crippen LogP contribution in [0.15, 0.2) is 29.0 Å². The molecule has 0 spiro atoms. The fourth-order valence-electron chi connectivity index (χ4n) is 3.42. The standard InChI is InChI=1S/C20H26N4O5/c1-13-17(14(2)29-23-13)10-19(25)24-12-16(28-15-5-4-6-21-11-15)9-18(24)20(26)22-7-8-27-3/h4-6,11,16,18H,7-10,12H2,1-3H3,(H,22,26)/t16-,18+/m0/s1. The summed E-state index contributed by atoms with van der Waals surface area (Å²) in [5.41, 5.74) is 1.43. The normalized spacial score (nSPS) is 18.7. The number of nitrogens with zero attached hydrogens (tertiary/aromatic N) is 3. The van der Waals surface area contributed by atoms with Gasteiger partial charge in [-0.25, -0.2) is 0 Å². The lowest BCUT2D eigenvalue weighted by molar-refractivity contribution is -0.138. The Bertz CT molecular complexity index is 819. The van der Waals surface area contributed by atoms with E-state index in [9.17, 15) is 9.59 Å². The highest BCUT2D eigenvalue weighted by atomic mass is 16.5. The molecule has 9 heteroatoms. The third kappa shape index (κ3) is 5.11. The number of methoxy groups -OCH3 is 1. The molecule has 0 unspecified atom stereocenters. The predicted molar refractivity (Wildman–Crippen MR) is 103 cm³/mol. The van der Waals surface area contributed by atoms with Gasteiger partial charge >= 0.3 is 0 Å². The SMILES string of the molecule is COCCNC(=O)[C@H]1C[C@H](Oc2cccnc2)CN1C(=O)Cc1c(C)noc1C. The molecular formula is C20H26N4O5. The highest BCUT2D eigenvalue weighted by Gasteiger charge is 2.40. The summed E-state index contributed by atoms with van der Waals surface area (Å²) in [6, 6.07) is 2.97. The number of nitrogens with one attached hydrogen (secondary N) is 1. The van der Waals surface area contributed by atoms with E-state index in [1.165, 1.54) is 0 Å². The molecule has 1 fully saturated rings. The minimum absolute atomic E-state index is 0.128. The van der Waals surface area contributed by atoms with Crippen LogP contribution in [0.25, 0.3) is 0 Å². The zero-order chi connectivity index (χ0) is 20.8. The van der Waals surface area contributed by atoms with E-state index < -0.39 is 6.04 Å². The molecule has 1 saturated heterocycles. The summed E-state index contributed by atoms with van der Waals surface area (Å²) < 4.78 is 16.1. The van der Waals surface area contributed by atoms with Crippen molar-refractivity contribution in [2.24, 2.45) is 0 Å². The number of aryl methyl sites for hydroxylation is 2. The van der Waals surface area contributed by atoms with Crippen LogP contribution in [0.3, 0.4) is 0 Å². The van der Waals surface area contributed by atoms with Crippen LogP contribution in [0.4, 0.5) is 0 Å². The summed E-state index contributed by atoms with van der Waals surface area (Å²) in [6.45, 7) is 4.68. The molecule has 0 radical (unpaired) electrons. The van der Waals surface area contributed by atoms with Crippen LogP contribution < -0.4 is 10.1 Å². The minimum atomic E-state index is -0.610. The number of carbonyl (C=O) groups is 2. The maximum absolute atomic E-state index is 13.0. The van der Waals surface area contributed by atoms with Crippen molar-refractivity contribution >= 4 is 11.8 Å². The summed E-state index contributed by atoms with van der Waals surface area (Å²) in [5.74, 6) is 0.838. The molecule has 3 heterocycles. The van der Waals surface area contributed by atoms with Crippen molar-refractivity contribution in [2.45, 2.75) is 38.8 Å². The quantitative estimate of drug-likeness (QED) is 0.658. The Kier molecular flexibility index (Phi) is 6.82. The molecule has 29 heavy (non-hydrogen) atoms. The van der Waals surface area contributed by atoms with Crippen molar-refractivity contribution in [3.63, 3.8) is 0 Å². The maximum atomic E-state index is 13.0. The zero-order valence-corrected chi connectivity index (χ0v) is 16.9. The second-order valence-electron chi connectivity index (χ2n) is 6.99. The van der Waals surface area contributed by atoms with Crippen molar-refractivity contribution in [3.8, 4) is 5.75 Å². The Morgan fingerprint density at radius 1 is 1.38 bits per heavy atom. The number of aromatic nitrogens is 2. The fraction of sp³-hybridized carbons (Fsp3) is 0.500. The number of hydrogen-bond acceptors (Lipinski definition) is 7. The number of likely N-dealkylation sites (tertiary alicyclic amines) is 1. The van der Waals surface area contributed by atoms with E-state index in [-0.39, 0.29) is 24.3 Å². The van der Waals surface area contributed by atoms with Gasteiger partial charge in [0.25, 0.3) is 0 Å². The molecule has 1 N–H and O–H groups in total. The maximum Gasteiger partial charge on any atom is 0.243 e. The molecule has 0 bridgehead atoms. The molecule has 3 rings (SSSR count). The van der Waals surface area contributed by atoms with Gasteiger partial charge in [-0.15, -0.1) is 0 Å². The van der Waals surface area contributed by atoms with E-state index in [0.29, 0.717) is 43.3 Å². The van der Waals surface area contributed by atoms with Gasteiger partial charge < -0.3 is 24.2 Å². The first-order chi connectivity index (χ1) is 14.0. The van der Waals surface area contributed by atoms with E-state index in [2.05, 4.69) is 15.5 Å². The number of ether oxygens (including phenoxy) is 2. The summed E-state index contributed by atoms with van der Waals surface area (Å²) >= 11 is 0. The molecule has 2 amide bonds. The Morgan fingerprint density at radius 2 is 2.21 bits per heavy atom. The second kappa shape index (κ2) is 9.51. The average Bonchev–Trinajstić information content (AvgIpc) is 3.27. The summed E-state index contributed by atoms with van der Waals surface area (Å²) in [7, 11) is 1.57. The lowest BCUT2D eigenvalue weighted by atomic mass is 10.1. The van der Waals surface area contributed by atoms with Crippen molar-refractivity contribution < 1.29 is 23.6 Å². The number of amides is 2. The van der Waals surface area contributed by atoms with Crippen molar-refractivity contribution in [1.82, 2.24) is 20.4 Å². The van der Waals surface area contributed by atoms with Crippen LogP contribution in [0.5, 0.6) is 5.75 Å². The van der Waals surface area contributed by atoms with Crippen molar-refractivity contribution in [3.05, 3.63) is 41.5 Å².